The number of phenols is 1. The number of aromatic nitrogens is 1. The van der Waals surface area contributed by atoms with Crippen molar-refractivity contribution in [2.24, 2.45) is 17.6 Å². The fourth-order valence-electron chi connectivity index (χ4n) is 6.53. The number of aliphatic hydroxyl groups excluding tert-OH is 1. The second kappa shape index (κ2) is 24.3. The minimum absolute atomic E-state index is 0.00615. The number of carboxylic acids is 1. The molecule has 3 aromatic rings. The molecule has 0 aliphatic carbocycles. The summed E-state index contributed by atoms with van der Waals surface area (Å²) in [7, 11) is 0. The zero-order valence-electron chi connectivity index (χ0n) is 37.2. The van der Waals surface area contributed by atoms with Crippen LogP contribution >= 0.6 is 0 Å². The van der Waals surface area contributed by atoms with Crippen LogP contribution in [0.15, 0.2) is 54.7 Å². The van der Waals surface area contributed by atoms with Crippen molar-refractivity contribution in [2.75, 3.05) is 6.54 Å². The molecule has 0 unspecified atom stereocenters. The van der Waals surface area contributed by atoms with Gasteiger partial charge < -0.3 is 63.3 Å². The maximum absolute atomic E-state index is 13.8. The Morgan fingerprint density at radius 1 is 0.672 bits per heavy atom. The number of aliphatic carboxylic acids is 1. The molecule has 0 saturated carbocycles. The normalized spacial score (nSPS) is 15.5. The van der Waals surface area contributed by atoms with Gasteiger partial charge in [-0.1, -0.05) is 64.4 Å². The molecule has 0 fully saturated rings. The second-order valence-corrected chi connectivity index (χ2v) is 16.5. The van der Waals surface area contributed by atoms with Gasteiger partial charge in [0.25, 0.3) is 0 Å². The third kappa shape index (κ3) is 15.7. The van der Waals surface area contributed by atoms with E-state index in [0.717, 1.165) is 10.9 Å². The molecule has 2 aromatic carbocycles. The molecule has 20 heteroatoms. The summed E-state index contributed by atoms with van der Waals surface area (Å²) >= 11 is 0. The van der Waals surface area contributed by atoms with E-state index in [1.54, 1.807) is 24.4 Å². The summed E-state index contributed by atoms with van der Waals surface area (Å²) in [6.45, 7) is 10.4. The monoisotopic (exact) mass is 893 g/mol. The number of hydrogen-bond donors (Lipinski definition) is 12. The van der Waals surface area contributed by atoms with E-state index >= 15 is 0 Å². The van der Waals surface area contributed by atoms with Gasteiger partial charge in [0.2, 0.25) is 41.4 Å². The van der Waals surface area contributed by atoms with Crippen molar-refractivity contribution in [3.63, 3.8) is 0 Å². The molecule has 0 bridgehead atoms. The number of aromatic amines is 1. The number of hydrogen-bond acceptors (Lipinski definition) is 11. The molecule has 7 amide bonds. The molecule has 1 heterocycles. The molecule has 20 nitrogen and oxygen atoms in total. The van der Waals surface area contributed by atoms with Crippen LogP contribution in [0.4, 0.5) is 0 Å². The van der Waals surface area contributed by atoms with E-state index in [4.69, 9.17) is 10.8 Å². The Bertz CT molecular complexity index is 2110. The number of carbonyl (C=O) groups is 8. The Balaban J connectivity index is 1.78. The zero-order chi connectivity index (χ0) is 47.8. The lowest BCUT2D eigenvalue weighted by Gasteiger charge is -2.26. The van der Waals surface area contributed by atoms with Gasteiger partial charge in [-0.3, -0.25) is 38.4 Å². The molecule has 0 saturated heterocycles. The first kappa shape index (κ1) is 51.8. The first-order valence-corrected chi connectivity index (χ1v) is 21.2. The van der Waals surface area contributed by atoms with Crippen LogP contribution < -0.4 is 43.0 Å². The lowest BCUT2D eigenvalue weighted by molar-refractivity contribution is -0.142. The van der Waals surface area contributed by atoms with Crippen LogP contribution in [0.3, 0.4) is 0 Å². The molecule has 0 aliphatic heterocycles. The van der Waals surface area contributed by atoms with Gasteiger partial charge in [0, 0.05) is 29.9 Å². The van der Waals surface area contributed by atoms with Crippen LogP contribution in [0.5, 0.6) is 5.75 Å². The van der Waals surface area contributed by atoms with Crippen molar-refractivity contribution in [2.45, 2.75) is 123 Å². The van der Waals surface area contributed by atoms with Crippen LogP contribution in [0, 0.1) is 11.8 Å². The molecule has 9 atom stereocenters. The maximum atomic E-state index is 13.8. The van der Waals surface area contributed by atoms with E-state index in [1.165, 1.54) is 32.9 Å². The molecule has 0 spiro atoms. The Kier molecular flexibility index (Phi) is 19.7. The van der Waals surface area contributed by atoms with Gasteiger partial charge >= 0.3 is 5.97 Å². The number of rotatable bonds is 24. The first-order valence-electron chi connectivity index (χ1n) is 21.2. The number of aromatic hydroxyl groups is 1. The minimum Gasteiger partial charge on any atom is -0.508 e. The molecule has 350 valence electrons. The highest BCUT2D eigenvalue weighted by Crippen LogP contribution is 2.20. The first-order chi connectivity index (χ1) is 30.1. The number of carboxylic acid groups (broad SMARTS) is 1. The Morgan fingerprint density at radius 2 is 1.27 bits per heavy atom. The van der Waals surface area contributed by atoms with Crippen LogP contribution in [0.1, 0.15) is 72.4 Å². The molecule has 0 aliphatic rings. The molecule has 1 aromatic heterocycles. The summed E-state index contributed by atoms with van der Waals surface area (Å²) in [5.74, 6) is -7.09. The van der Waals surface area contributed by atoms with Gasteiger partial charge in [-0.15, -0.1) is 0 Å². The quantitative estimate of drug-likeness (QED) is 0.0547. The average molecular weight is 894 g/mol. The number of aliphatic hydroxyl groups is 1. The van der Waals surface area contributed by atoms with Gasteiger partial charge in [0.15, 0.2) is 0 Å². The average Bonchev–Trinajstić information content (AvgIpc) is 3.65. The summed E-state index contributed by atoms with van der Waals surface area (Å²) in [5.41, 5.74) is 8.16. The van der Waals surface area contributed by atoms with Crippen molar-refractivity contribution in [1.82, 2.24) is 42.2 Å². The standard InChI is InChI=1S/C44H63N9O11/c1-8-23(4)36(45)42(61)52-33(18-27-13-15-29(55)16-14-27)41(60)51-32(17-22(2)3)39(58)47-21-35(56)50-34(19-28-20-46-31-12-10-9-11-30(28)31)40(59)48-24(5)38(57)53-37(26(7)54)43(62)49-25(6)44(63)64/h9-16,20,22-26,32-34,36-37,46,54-55H,8,17-19,21,45H2,1-7H3,(H,47,58)(H,48,59)(H,49,62)(H,50,56)(H,51,60)(H,52,61)(H,53,57)(H,63,64)/t23-,24-,25-,26+,32-,33-,34-,36-,37-/m0/s1. The molecular weight excluding hydrogens is 831 g/mol. The highest BCUT2D eigenvalue weighted by molar-refractivity contribution is 5.97. The molecule has 0 radical (unpaired) electrons. The fourth-order valence-corrected chi connectivity index (χ4v) is 6.53. The predicted molar refractivity (Wildman–Crippen MR) is 236 cm³/mol. The maximum Gasteiger partial charge on any atom is 0.325 e. The molecular formula is C44H63N9O11. The summed E-state index contributed by atoms with van der Waals surface area (Å²) in [6.07, 6.45) is 0.906. The van der Waals surface area contributed by atoms with E-state index in [2.05, 4.69) is 42.2 Å². The number of carbonyl (C=O) groups excluding carboxylic acids is 7. The molecule has 3 rings (SSSR count). The topological polar surface area (TPSA) is 323 Å². The van der Waals surface area contributed by atoms with Crippen LogP contribution in [0.25, 0.3) is 10.9 Å². The molecule has 13 N–H and O–H groups in total. The number of para-hydroxylation sites is 1. The predicted octanol–water partition coefficient (Wildman–Crippen LogP) is -0.392. The highest BCUT2D eigenvalue weighted by Gasteiger charge is 2.33. The number of fused-ring (bicyclic) bond motifs is 1. The third-order valence-electron chi connectivity index (χ3n) is 10.6. The van der Waals surface area contributed by atoms with Gasteiger partial charge in [-0.2, -0.15) is 0 Å². The number of benzene rings is 2. The minimum atomic E-state index is -1.57. The summed E-state index contributed by atoms with van der Waals surface area (Å²) < 4.78 is 0. The van der Waals surface area contributed by atoms with Crippen LogP contribution in [0.2, 0.25) is 0 Å². The lowest BCUT2D eigenvalue weighted by Crippen LogP contribution is -2.60. The van der Waals surface area contributed by atoms with Crippen molar-refractivity contribution < 1.29 is 53.7 Å². The van der Waals surface area contributed by atoms with Crippen molar-refractivity contribution in [1.29, 1.82) is 0 Å². The smallest absolute Gasteiger partial charge is 0.325 e. The largest absolute Gasteiger partial charge is 0.508 e. The molecule has 64 heavy (non-hydrogen) atoms. The highest BCUT2D eigenvalue weighted by atomic mass is 16.4. The number of H-pyrrole nitrogens is 1. The summed E-state index contributed by atoms with van der Waals surface area (Å²) in [4.78, 5) is 108. The van der Waals surface area contributed by atoms with Gasteiger partial charge in [-0.05, 0) is 68.4 Å². The van der Waals surface area contributed by atoms with Crippen molar-refractivity contribution >= 4 is 58.2 Å². The SMILES string of the molecule is CC[C@H](C)[C@H](N)C(=O)N[C@@H](Cc1ccc(O)cc1)C(=O)N[C@@H](CC(C)C)C(=O)NCC(=O)N[C@@H](Cc1c[nH]c2ccccc12)C(=O)N[C@@H](C)C(=O)N[C@H](C(=O)N[C@@H](C)C(=O)O)[C@@H](C)O. The summed E-state index contributed by atoms with van der Waals surface area (Å²) in [5, 5.41) is 47.4. The van der Waals surface area contributed by atoms with Crippen molar-refractivity contribution in [3.05, 3.63) is 65.9 Å². The number of nitrogens with one attached hydrogen (secondary N) is 8. The van der Waals surface area contributed by atoms with E-state index < -0.39 is 102 Å². The Morgan fingerprint density at radius 3 is 1.88 bits per heavy atom. The van der Waals surface area contributed by atoms with Gasteiger partial charge in [-0.25, -0.2) is 0 Å². The van der Waals surface area contributed by atoms with Gasteiger partial charge in [0.05, 0.1) is 18.7 Å². The van der Waals surface area contributed by atoms with E-state index in [-0.39, 0.29) is 36.8 Å². The Labute approximate surface area is 371 Å². The van der Waals surface area contributed by atoms with Crippen LogP contribution in [-0.2, 0) is 51.2 Å². The van der Waals surface area contributed by atoms with Gasteiger partial charge in [0.1, 0.15) is 42.0 Å². The van der Waals surface area contributed by atoms with E-state index in [9.17, 15) is 48.6 Å². The number of amides is 7. The summed E-state index contributed by atoms with van der Waals surface area (Å²) in [6, 6.07) is 4.52. The van der Waals surface area contributed by atoms with Crippen LogP contribution in [-0.4, -0.2) is 123 Å². The van der Waals surface area contributed by atoms with Crippen molar-refractivity contribution in [3.8, 4) is 5.75 Å². The number of nitrogens with two attached hydrogens (primary N) is 1. The zero-order valence-corrected chi connectivity index (χ0v) is 37.2. The fraction of sp³-hybridized carbons (Fsp3) is 0.500. The lowest BCUT2D eigenvalue weighted by atomic mass is 9.97. The van der Waals surface area contributed by atoms with E-state index in [1.807, 2.05) is 45.9 Å². The Hall–Kier alpha value is -6.54. The number of phenolic OH excluding ortho intramolecular Hbond substituents is 1. The third-order valence-corrected chi connectivity index (χ3v) is 10.6. The van der Waals surface area contributed by atoms with E-state index in [0.29, 0.717) is 17.5 Å². The second-order valence-electron chi connectivity index (χ2n) is 16.5.